The molecule has 2 aliphatic rings. The van der Waals surface area contributed by atoms with E-state index in [1.807, 2.05) is 28.9 Å². The van der Waals surface area contributed by atoms with Gasteiger partial charge in [-0.3, -0.25) is 9.59 Å². The van der Waals surface area contributed by atoms with Crippen LogP contribution < -0.4 is 0 Å². The standard InChI is InChI=1S/C24H27FN2O2/c1-4-22(28)27-13-18-12-26(24(29)17-9-15(2)10-19(25)11-17)14-21(18)23(27)20-8-6-5-7-16(20)3/h5-11,18,21,23H,4,12-14H2,1-3H3/t18-,21-,23+/m0/s1. The lowest BCUT2D eigenvalue weighted by atomic mass is 9.87. The average molecular weight is 394 g/mol. The van der Waals surface area contributed by atoms with E-state index < -0.39 is 0 Å². The van der Waals surface area contributed by atoms with Crippen molar-refractivity contribution in [2.75, 3.05) is 19.6 Å². The van der Waals surface area contributed by atoms with Crippen molar-refractivity contribution < 1.29 is 14.0 Å². The molecule has 3 atom stereocenters. The quantitative estimate of drug-likeness (QED) is 0.786. The highest BCUT2D eigenvalue weighted by atomic mass is 19.1. The highest BCUT2D eigenvalue weighted by Gasteiger charge is 2.50. The third-order valence-corrected chi connectivity index (χ3v) is 6.37. The molecule has 0 N–H and O–H groups in total. The molecule has 2 heterocycles. The molecule has 2 amide bonds. The molecule has 0 bridgehead atoms. The zero-order valence-electron chi connectivity index (χ0n) is 17.2. The summed E-state index contributed by atoms with van der Waals surface area (Å²) in [6.07, 6.45) is 0.479. The van der Waals surface area contributed by atoms with Gasteiger partial charge >= 0.3 is 0 Å². The molecule has 2 aliphatic heterocycles. The van der Waals surface area contributed by atoms with Crippen molar-refractivity contribution in [1.82, 2.24) is 9.80 Å². The molecule has 0 radical (unpaired) electrons. The minimum Gasteiger partial charge on any atom is -0.338 e. The Bertz CT molecular complexity index is 937. The van der Waals surface area contributed by atoms with Crippen LogP contribution in [0, 0.1) is 31.5 Å². The van der Waals surface area contributed by atoms with Gasteiger partial charge in [0.1, 0.15) is 5.82 Å². The molecular weight excluding hydrogens is 367 g/mol. The number of amides is 2. The molecule has 2 aromatic rings. The SMILES string of the molecule is CCC(=O)N1C[C@@H]2CN(C(=O)c3cc(C)cc(F)c3)C[C@@H]2[C@H]1c1ccccc1C. The number of hydrogen-bond donors (Lipinski definition) is 0. The summed E-state index contributed by atoms with van der Waals surface area (Å²) in [6, 6.07) is 12.7. The maximum Gasteiger partial charge on any atom is 0.253 e. The molecule has 2 fully saturated rings. The Morgan fingerprint density at radius 3 is 2.52 bits per heavy atom. The largest absolute Gasteiger partial charge is 0.338 e. The van der Waals surface area contributed by atoms with Crippen LogP contribution in [-0.2, 0) is 4.79 Å². The Kier molecular flexibility index (Phi) is 5.15. The Hall–Kier alpha value is -2.69. The first-order chi connectivity index (χ1) is 13.9. The molecule has 0 spiro atoms. The molecule has 4 nitrogen and oxygen atoms in total. The maximum atomic E-state index is 13.8. The molecule has 152 valence electrons. The van der Waals surface area contributed by atoms with Crippen molar-refractivity contribution in [3.05, 3.63) is 70.5 Å². The van der Waals surface area contributed by atoms with Crippen LogP contribution in [0.1, 0.15) is 46.4 Å². The first kappa shape index (κ1) is 19.6. The van der Waals surface area contributed by atoms with E-state index in [0.717, 1.165) is 16.7 Å². The Labute approximate surface area is 171 Å². The van der Waals surface area contributed by atoms with Gasteiger partial charge in [0, 0.05) is 43.5 Å². The van der Waals surface area contributed by atoms with Crippen molar-refractivity contribution in [3.8, 4) is 0 Å². The Balaban J connectivity index is 1.62. The van der Waals surface area contributed by atoms with E-state index in [-0.39, 0.29) is 35.5 Å². The normalized spacial score (nSPS) is 23.4. The second-order valence-electron chi connectivity index (χ2n) is 8.35. The van der Waals surface area contributed by atoms with Crippen LogP contribution in [0.2, 0.25) is 0 Å². The third kappa shape index (κ3) is 3.54. The average Bonchev–Trinajstić information content (AvgIpc) is 3.24. The van der Waals surface area contributed by atoms with Crippen LogP contribution in [0.5, 0.6) is 0 Å². The number of benzene rings is 2. The third-order valence-electron chi connectivity index (χ3n) is 6.37. The van der Waals surface area contributed by atoms with Crippen LogP contribution in [0.25, 0.3) is 0 Å². The number of aryl methyl sites for hydroxylation is 2. The predicted molar refractivity (Wildman–Crippen MR) is 110 cm³/mol. The highest BCUT2D eigenvalue weighted by Crippen LogP contribution is 2.46. The molecular formula is C24H27FN2O2. The van der Waals surface area contributed by atoms with Crippen molar-refractivity contribution in [3.63, 3.8) is 0 Å². The zero-order valence-corrected chi connectivity index (χ0v) is 17.2. The van der Waals surface area contributed by atoms with E-state index in [2.05, 4.69) is 19.1 Å². The number of carbonyl (C=O) groups excluding carboxylic acids is 2. The summed E-state index contributed by atoms with van der Waals surface area (Å²) < 4.78 is 13.8. The fraction of sp³-hybridized carbons (Fsp3) is 0.417. The van der Waals surface area contributed by atoms with Crippen molar-refractivity contribution in [2.24, 2.45) is 11.8 Å². The minimum absolute atomic E-state index is 0.0132. The van der Waals surface area contributed by atoms with Crippen molar-refractivity contribution in [1.29, 1.82) is 0 Å². The van der Waals surface area contributed by atoms with Gasteiger partial charge in [-0.25, -0.2) is 4.39 Å². The molecule has 4 rings (SSSR count). The first-order valence-corrected chi connectivity index (χ1v) is 10.3. The number of carbonyl (C=O) groups is 2. The number of likely N-dealkylation sites (tertiary alicyclic amines) is 2. The van der Waals surface area contributed by atoms with Crippen LogP contribution >= 0.6 is 0 Å². The summed E-state index contributed by atoms with van der Waals surface area (Å²) in [7, 11) is 0. The van der Waals surface area contributed by atoms with Crippen LogP contribution in [0.3, 0.4) is 0 Å². The monoisotopic (exact) mass is 394 g/mol. The number of fused-ring (bicyclic) bond motifs is 1. The zero-order chi connectivity index (χ0) is 20.7. The van der Waals surface area contributed by atoms with E-state index in [1.165, 1.54) is 12.1 Å². The molecule has 5 heteroatoms. The van der Waals surface area contributed by atoms with E-state index in [4.69, 9.17) is 0 Å². The summed E-state index contributed by atoms with van der Waals surface area (Å²) in [6.45, 7) is 7.63. The lowest BCUT2D eigenvalue weighted by molar-refractivity contribution is -0.132. The second-order valence-corrected chi connectivity index (χ2v) is 8.35. The van der Waals surface area contributed by atoms with E-state index >= 15 is 0 Å². The van der Waals surface area contributed by atoms with Crippen LogP contribution in [-0.4, -0.2) is 41.2 Å². The summed E-state index contributed by atoms with van der Waals surface area (Å²) in [5.41, 5.74) is 3.47. The summed E-state index contributed by atoms with van der Waals surface area (Å²) in [5, 5.41) is 0. The van der Waals surface area contributed by atoms with Gasteiger partial charge in [-0.05, 0) is 48.7 Å². The minimum atomic E-state index is -0.384. The van der Waals surface area contributed by atoms with E-state index in [0.29, 0.717) is 31.6 Å². The summed E-state index contributed by atoms with van der Waals surface area (Å²) >= 11 is 0. The molecule has 0 aromatic heterocycles. The van der Waals surface area contributed by atoms with Gasteiger partial charge in [-0.1, -0.05) is 31.2 Å². The Morgan fingerprint density at radius 1 is 1.07 bits per heavy atom. The fourth-order valence-electron chi connectivity index (χ4n) is 5.03. The molecule has 2 saturated heterocycles. The first-order valence-electron chi connectivity index (χ1n) is 10.3. The molecule has 2 aromatic carbocycles. The van der Waals surface area contributed by atoms with Gasteiger partial charge in [0.15, 0.2) is 0 Å². The number of halogens is 1. The molecule has 0 aliphatic carbocycles. The number of rotatable bonds is 3. The summed E-state index contributed by atoms with van der Waals surface area (Å²) in [5.74, 6) is 0.0920. The lowest BCUT2D eigenvalue weighted by Gasteiger charge is -2.31. The highest BCUT2D eigenvalue weighted by molar-refractivity contribution is 5.94. The number of hydrogen-bond acceptors (Lipinski definition) is 2. The smallest absolute Gasteiger partial charge is 0.253 e. The molecule has 0 saturated carbocycles. The lowest BCUT2D eigenvalue weighted by Crippen LogP contribution is -2.37. The van der Waals surface area contributed by atoms with Crippen molar-refractivity contribution in [2.45, 2.75) is 33.2 Å². The van der Waals surface area contributed by atoms with Gasteiger partial charge in [0.25, 0.3) is 5.91 Å². The fourth-order valence-corrected chi connectivity index (χ4v) is 5.03. The van der Waals surface area contributed by atoms with E-state index in [9.17, 15) is 14.0 Å². The van der Waals surface area contributed by atoms with Gasteiger partial charge in [0.2, 0.25) is 5.91 Å². The molecule has 29 heavy (non-hydrogen) atoms. The maximum absolute atomic E-state index is 13.8. The van der Waals surface area contributed by atoms with Crippen LogP contribution in [0.4, 0.5) is 4.39 Å². The van der Waals surface area contributed by atoms with Gasteiger partial charge < -0.3 is 9.80 Å². The van der Waals surface area contributed by atoms with Crippen LogP contribution in [0.15, 0.2) is 42.5 Å². The Morgan fingerprint density at radius 2 is 1.83 bits per heavy atom. The van der Waals surface area contributed by atoms with Gasteiger partial charge in [-0.2, -0.15) is 0 Å². The predicted octanol–water partition coefficient (Wildman–Crippen LogP) is 4.12. The van der Waals surface area contributed by atoms with Gasteiger partial charge in [0.05, 0.1) is 6.04 Å². The van der Waals surface area contributed by atoms with Gasteiger partial charge in [-0.15, -0.1) is 0 Å². The topological polar surface area (TPSA) is 40.6 Å². The number of nitrogens with zero attached hydrogens (tertiary/aromatic N) is 2. The van der Waals surface area contributed by atoms with E-state index in [1.54, 1.807) is 13.0 Å². The van der Waals surface area contributed by atoms with Crippen molar-refractivity contribution >= 4 is 11.8 Å². The second kappa shape index (κ2) is 7.62. The molecule has 0 unspecified atom stereocenters. The summed E-state index contributed by atoms with van der Waals surface area (Å²) in [4.78, 5) is 29.5.